The third-order valence-electron chi connectivity index (χ3n) is 3.00. The number of thiophene rings is 1. The molecule has 0 aliphatic carbocycles. The SMILES string of the molecule is CCCc1nc(C(=O)N(Cc2cccs2)C(C)C)n[nH]1. The Bertz CT molecular complexity index is 547. The lowest BCUT2D eigenvalue weighted by atomic mass is 10.3. The van der Waals surface area contributed by atoms with E-state index >= 15 is 0 Å². The topological polar surface area (TPSA) is 61.9 Å². The molecule has 6 heteroatoms. The van der Waals surface area contributed by atoms with E-state index in [0.717, 1.165) is 23.5 Å². The molecule has 1 amide bonds. The van der Waals surface area contributed by atoms with Crippen LogP contribution in [0.4, 0.5) is 0 Å². The summed E-state index contributed by atoms with van der Waals surface area (Å²) in [4.78, 5) is 19.8. The molecule has 0 aliphatic heterocycles. The Morgan fingerprint density at radius 1 is 1.50 bits per heavy atom. The number of hydrogen-bond acceptors (Lipinski definition) is 4. The summed E-state index contributed by atoms with van der Waals surface area (Å²) in [5, 5.41) is 8.90. The van der Waals surface area contributed by atoms with Crippen molar-refractivity contribution in [2.45, 2.75) is 46.2 Å². The van der Waals surface area contributed by atoms with Crippen LogP contribution in [-0.2, 0) is 13.0 Å². The zero-order chi connectivity index (χ0) is 14.5. The number of rotatable bonds is 6. The van der Waals surface area contributed by atoms with Gasteiger partial charge in [0.1, 0.15) is 5.82 Å². The van der Waals surface area contributed by atoms with Crippen LogP contribution < -0.4 is 0 Å². The molecule has 20 heavy (non-hydrogen) atoms. The van der Waals surface area contributed by atoms with Crippen molar-refractivity contribution in [1.29, 1.82) is 0 Å². The quantitative estimate of drug-likeness (QED) is 0.890. The van der Waals surface area contributed by atoms with Crippen LogP contribution in [0, 0.1) is 0 Å². The van der Waals surface area contributed by atoms with Crippen molar-refractivity contribution < 1.29 is 4.79 Å². The average molecular weight is 292 g/mol. The summed E-state index contributed by atoms with van der Waals surface area (Å²) in [5.41, 5.74) is 0. The summed E-state index contributed by atoms with van der Waals surface area (Å²) in [6.45, 7) is 6.68. The van der Waals surface area contributed by atoms with E-state index in [1.165, 1.54) is 0 Å². The van der Waals surface area contributed by atoms with Crippen LogP contribution in [0.5, 0.6) is 0 Å². The molecule has 0 radical (unpaired) electrons. The van der Waals surface area contributed by atoms with Crippen LogP contribution in [0.3, 0.4) is 0 Å². The van der Waals surface area contributed by atoms with Gasteiger partial charge in [0.05, 0.1) is 6.54 Å². The van der Waals surface area contributed by atoms with Gasteiger partial charge in [-0.15, -0.1) is 16.4 Å². The van der Waals surface area contributed by atoms with Gasteiger partial charge in [0.25, 0.3) is 5.91 Å². The smallest absolute Gasteiger partial charge is 0.294 e. The first kappa shape index (κ1) is 14.7. The van der Waals surface area contributed by atoms with Crippen LogP contribution >= 0.6 is 11.3 Å². The highest BCUT2D eigenvalue weighted by Gasteiger charge is 2.23. The Labute approximate surface area is 123 Å². The monoisotopic (exact) mass is 292 g/mol. The summed E-state index contributed by atoms with van der Waals surface area (Å²) in [6, 6.07) is 4.14. The fraction of sp³-hybridized carbons (Fsp3) is 0.500. The molecule has 108 valence electrons. The van der Waals surface area contributed by atoms with Crippen molar-refractivity contribution >= 4 is 17.2 Å². The van der Waals surface area contributed by atoms with Gasteiger partial charge in [0.15, 0.2) is 0 Å². The lowest BCUT2D eigenvalue weighted by molar-refractivity contribution is 0.0680. The predicted octanol–water partition coefficient (Wildman–Crippen LogP) is 2.87. The largest absolute Gasteiger partial charge is 0.328 e. The molecule has 2 heterocycles. The zero-order valence-corrected chi connectivity index (χ0v) is 12.9. The van der Waals surface area contributed by atoms with Crippen LogP contribution in [0.2, 0.25) is 0 Å². The normalized spacial score (nSPS) is 11.0. The number of carbonyl (C=O) groups excluding carboxylic acids is 1. The van der Waals surface area contributed by atoms with Gasteiger partial charge in [-0.25, -0.2) is 4.98 Å². The molecule has 5 nitrogen and oxygen atoms in total. The Morgan fingerprint density at radius 2 is 2.30 bits per heavy atom. The van der Waals surface area contributed by atoms with Crippen LogP contribution in [0.15, 0.2) is 17.5 Å². The maximum atomic E-state index is 12.5. The second-order valence-corrected chi connectivity index (χ2v) is 5.99. The number of aromatic nitrogens is 3. The fourth-order valence-corrected chi connectivity index (χ4v) is 2.63. The molecule has 0 aliphatic rings. The van der Waals surface area contributed by atoms with Crippen LogP contribution in [0.25, 0.3) is 0 Å². The van der Waals surface area contributed by atoms with Crippen molar-refractivity contribution in [3.63, 3.8) is 0 Å². The van der Waals surface area contributed by atoms with E-state index in [2.05, 4.69) is 22.1 Å². The summed E-state index contributed by atoms with van der Waals surface area (Å²) in [6.07, 6.45) is 1.79. The van der Waals surface area contributed by atoms with Crippen molar-refractivity contribution in [1.82, 2.24) is 20.1 Å². The first-order chi connectivity index (χ1) is 9.61. The van der Waals surface area contributed by atoms with Gasteiger partial charge in [-0.1, -0.05) is 13.0 Å². The number of aryl methyl sites for hydroxylation is 1. The van der Waals surface area contributed by atoms with E-state index in [0.29, 0.717) is 6.54 Å². The molecule has 0 fully saturated rings. The molecule has 0 unspecified atom stereocenters. The summed E-state index contributed by atoms with van der Waals surface area (Å²) < 4.78 is 0. The van der Waals surface area contributed by atoms with Crippen LogP contribution in [-0.4, -0.2) is 32.0 Å². The van der Waals surface area contributed by atoms with Crippen LogP contribution in [0.1, 0.15) is 48.5 Å². The summed E-state index contributed by atoms with van der Waals surface area (Å²) >= 11 is 1.65. The molecule has 2 rings (SSSR count). The van der Waals surface area contributed by atoms with Crippen molar-refractivity contribution in [2.75, 3.05) is 0 Å². The minimum absolute atomic E-state index is 0.109. The first-order valence-corrected chi connectivity index (χ1v) is 7.74. The van der Waals surface area contributed by atoms with Gasteiger partial charge in [-0.2, -0.15) is 0 Å². The molecular formula is C14H20N4OS. The van der Waals surface area contributed by atoms with Gasteiger partial charge in [0.2, 0.25) is 5.82 Å². The fourth-order valence-electron chi connectivity index (χ4n) is 1.93. The second kappa shape index (κ2) is 6.65. The summed E-state index contributed by atoms with van der Waals surface area (Å²) in [5.74, 6) is 0.918. The predicted molar refractivity (Wildman–Crippen MR) is 79.7 cm³/mol. The lowest BCUT2D eigenvalue weighted by Crippen LogP contribution is -2.36. The van der Waals surface area contributed by atoms with Gasteiger partial charge >= 0.3 is 0 Å². The average Bonchev–Trinajstić information content (AvgIpc) is 3.06. The van der Waals surface area contributed by atoms with E-state index in [1.54, 1.807) is 16.2 Å². The Morgan fingerprint density at radius 3 is 2.90 bits per heavy atom. The van der Waals surface area contributed by atoms with Gasteiger partial charge in [-0.05, 0) is 31.7 Å². The molecular weight excluding hydrogens is 272 g/mol. The molecule has 2 aromatic heterocycles. The minimum atomic E-state index is -0.119. The van der Waals surface area contributed by atoms with Gasteiger partial charge in [-0.3, -0.25) is 9.89 Å². The van der Waals surface area contributed by atoms with Crippen molar-refractivity contribution in [3.05, 3.63) is 34.0 Å². The lowest BCUT2D eigenvalue weighted by Gasteiger charge is -2.24. The number of aromatic amines is 1. The zero-order valence-electron chi connectivity index (χ0n) is 12.1. The third-order valence-corrected chi connectivity index (χ3v) is 3.86. The van der Waals surface area contributed by atoms with E-state index < -0.39 is 0 Å². The standard InChI is InChI=1S/C14H20N4OS/c1-4-6-12-15-13(17-16-12)14(19)18(10(2)3)9-11-7-5-8-20-11/h5,7-8,10H,4,6,9H2,1-3H3,(H,15,16,17). The highest BCUT2D eigenvalue weighted by atomic mass is 32.1. The minimum Gasteiger partial charge on any atom is -0.328 e. The molecule has 1 N–H and O–H groups in total. The maximum Gasteiger partial charge on any atom is 0.294 e. The number of nitrogens with one attached hydrogen (secondary N) is 1. The Balaban J connectivity index is 2.13. The summed E-state index contributed by atoms with van der Waals surface area (Å²) in [7, 11) is 0. The van der Waals surface area contributed by atoms with Crippen molar-refractivity contribution in [3.8, 4) is 0 Å². The molecule has 0 spiro atoms. The maximum absolute atomic E-state index is 12.5. The van der Waals surface area contributed by atoms with E-state index in [9.17, 15) is 4.79 Å². The number of nitrogens with zero attached hydrogens (tertiary/aromatic N) is 3. The number of amides is 1. The molecule has 0 bridgehead atoms. The Kier molecular flexibility index (Phi) is 4.89. The molecule has 0 aromatic carbocycles. The first-order valence-electron chi connectivity index (χ1n) is 6.86. The number of hydrogen-bond donors (Lipinski definition) is 1. The van der Waals surface area contributed by atoms with E-state index in [4.69, 9.17) is 0 Å². The number of H-pyrrole nitrogens is 1. The van der Waals surface area contributed by atoms with E-state index in [1.807, 2.05) is 31.4 Å². The highest BCUT2D eigenvalue weighted by Crippen LogP contribution is 2.15. The number of carbonyl (C=O) groups is 1. The highest BCUT2D eigenvalue weighted by molar-refractivity contribution is 7.09. The van der Waals surface area contributed by atoms with Crippen molar-refractivity contribution in [2.24, 2.45) is 0 Å². The van der Waals surface area contributed by atoms with E-state index in [-0.39, 0.29) is 17.8 Å². The second-order valence-electron chi connectivity index (χ2n) is 4.96. The molecule has 0 atom stereocenters. The third kappa shape index (κ3) is 3.45. The molecule has 0 saturated heterocycles. The van der Waals surface area contributed by atoms with Gasteiger partial charge < -0.3 is 4.90 Å². The molecule has 0 saturated carbocycles. The van der Waals surface area contributed by atoms with Gasteiger partial charge in [0, 0.05) is 17.3 Å². The Hall–Kier alpha value is -1.69. The molecule has 2 aromatic rings.